The third kappa shape index (κ3) is 3.45. The van der Waals surface area contributed by atoms with Crippen LogP contribution in [0.1, 0.15) is 16.4 Å². The fraction of sp³-hybridized carbons (Fsp3) is 0.105. The Hall–Kier alpha value is -3.12. The number of carbonyl (C=O) groups is 1. The van der Waals surface area contributed by atoms with E-state index < -0.39 is 0 Å². The molecule has 2 aromatic carbocycles. The van der Waals surface area contributed by atoms with Crippen LogP contribution in [0.15, 0.2) is 63.5 Å². The molecule has 4 aromatic rings. The van der Waals surface area contributed by atoms with Gasteiger partial charge in [-0.25, -0.2) is 0 Å². The Bertz CT molecular complexity index is 1060. The number of hydrogen-bond donors (Lipinski definition) is 1. The van der Waals surface area contributed by atoms with Crippen molar-refractivity contribution in [3.63, 3.8) is 0 Å². The molecule has 0 fully saturated rings. The number of carbonyl (C=O) groups excluding carboxylic acids is 1. The number of aromatic nitrogens is 2. The van der Waals surface area contributed by atoms with Crippen LogP contribution in [0.3, 0.4) is 0 Å². The molecule has 1 N–H and O–H groups in total. The zero-order chi connectivity index (χ0) is 17.9. The Morgan fingerprint density at radius 3 is 2.81 bits per heavy atom. The number of benzene rings is 2. The fourth-order valence-electron chi connectivity index (χ4n) is 2.56. The molecule has 1 amide bonds. The first-order valence-electron chi connectivity index (χ1n) is 8.04. The van der Waals surface area contributed by atoms with E-state index in [0.717, 1.165) is 10.9 Å². The predicted molar refractivity (Wildman–Crippen MR) is 97.0 cm³/mol. The van der Waals surface area contributed by atoms with E-state index in [9.17, 15) is 4.79 Å². The highest BCUT2D eigenvalue weighted by atomic mass is 35.5. The Morgan fingerprint density at radius 1 is 1.12 bits per heavy atom. The summed E-state index contributed by atoms with van der Waals surface area (Å²) in [7, 11) is 0. The van der Waals surface area contributed by atoms with Crippen LogP contribution in [0.4, 0.5) is 0 Å². The number of rotatable bonds is 5. The average molecular weight is 368 g/mol. The minimum atomic E-state index is -0.305. The molecule has 0 aliphatic rings. The summed E-state index contributed by atoms with van der Waals surface area (Å²) in [6.45, 7) is 0.354. The highest BCUT2D eigenvalue weighted by molar-refractivity contribution is 6.31. The molecule has 2 heterocycles. The molecule has 0 radical (unpaired) electrons. The van der Waals surface area contributed by atoms with Crippen molar-refractivity contribution in [2.75, 3.05) is 6.54 Å². The summed E-state index contributed by atoms with van der Waals surface area (Å²) in [5.41, 5.74) is 1.50. The number of nitrogens with zero attached hydrogens (tertiary/aromatic N) is 2. The standard InChI is InChI=1S/C19H14ClN3O3/c20-14-6-7-15-13(10-14)11-16(25-15)19(24)21-9-8-17-22-18(23-26-17)12-4-2-1-3-5-12/h1-7,10-11H,8-9H2,(H,21,24). The second-order valence-corrected chi connectivity index (χ2v) is 6.11. The van der Waals surface area contributed by atoms with E-state index in [-0.39, 0.29) is 11.7 Å². The Kier molecular flexibility index (Phi) is 4.41. The van der Waals surface area contributed by atoms with E-state index in [1.807, 2.05) is 30.3 Å². The zero-order valence-electron chi connectivity index (χ0n) is 13.6. The van der Waals surface area contributed by atoms with Crippen molar-refractivity contribution in [1.82, 2.24) is 15.5 Å². The van der Waals surface area contributed by atoms with Gasteiger partial charge in [-0.3, -0.25) is 4.79 Å². The minimum absolute atomic E-state index is 0.234. The number of furan rings is 1. The summed E-state index contributed by atoms with van der Waals surface area (Å²) in [5.74, 6) is 0.916. The van der Waals surface area contributed by atoms with Crippen molar-refractivity contribution in [3.05, 3.63) is 71.3 Å². The summed E-state index contributed by atoms with van der Waals surface area (Å²) in [6, 6.07) is 16.4. The molecule has 4 rings (SSSR count). The number of nitrogens with one attached hydrogen (secondary N) is 1. The average Bonchev–Trinajstić information content (AvgIpc) is 3.29. The molecule has 0 saturated heterocycles. The van der Waals surface area contributed by atoms with Gasteiger partial charge in [0.1, 0.15) is 5.58 Å². The first-order chi connectivity index (χ1) is 12.7. The van der Waals surface area contributed by atoms with Crippen LogP contribution in [-0.2, 0) is 6.42 Å². The minimum Gasteiger partial charge on any atom is -0.451 e. The van der Waals surface area contributed by atoms with Gasteiger partial charge in [0.2, 0.25) is 11.7 Å². The van der Waals surface area contributed by atoms with Crippen LogP contribution < -0.4 is 5.32 Å². The van der Waals surface area contributed by atoms with Crippen molar-refractivity contribution in [1.29, 1.82) is 0 Å². The maximum atomic E-state index is 12.2. The molecule has 0 bridgehead atoms. The van der Waals surface area contributed by atoms with Crippen LogP contribution in [-0.4, -0.2) is 22.6 Å². The van der Waals surface area contributed by atoms with Crippen molar-refractivity contribution < 1.29 is 13.7 Å². The summed E-state index contributed by atoms with van der Waals surface area (Å²) in [6.07, 6.45) is 0.428. The number of amides is 1. The van der Waals surface area contributed by atoms with Gasteiger partial charge in [0, 0.05) is 28.9 Å². The highest BCUT2D eigenvalue weighted by Crippen LogP contribution is 2.23. The van der Waals surface area contributed by atoms with Gasteiger partial charge in [-0.1, -0.05) is 47.1 Å². The van der Waals surface area contributed by atoms with Crippen LogP contribution in [0, 0.1) is 0 Å². The lowest BCUT2D eigenvalue weighted by Crippen LogP contribution is -2.25. The molecular formula is C19H14ClN3O3. The molecule has 0 aliphatic carbocycles. The van der Waals surface area contributed by atoms with Crippen molar-refractivity contribution in [2.45, 2.75) is 6.42 Å². The molecular weight excluding hydrogens is 354 g/mol. The lowest BCUT2D eigenvalue weighted by atomic mass is 10.2. The lowest BCUT2D eigenvalue weighted by molar-refractivity contribution is 0.0928. The van der Waals surface area contributed by atoms with Gasteiger partial charge in [0.15, 0.2) is 5.76 Å². The highest BCUT2D eigenvalue weighted by Gasteiger charge is 2.13. The first kappa shape index (κ1) is 16.4. The fourth-order valence-corrected chi connectivity index (χ4v) is 2.74. The second-order valence-electron chi connectivity index (χ2n) is 5.68. The van der Waals surface area contributed by atoms with Crippen LogP contribution in [0.5, 0.6) is 0 Å². The zero-order valence-corrected chi connectivity index (χ0v) is 14.4. The van der Waals surface area contributed by atoms with Gasteiger partial charge in [0.25, 0.3) is 5.91 Å². The van der Waals surface area contributed by atoms with E-state index >= 15 is 0 Å². The lowest BCUT2D eigenvalue weighted by Gasteiger charge is -1.99. The van der Waals surface area contributed by atoms with E-state index in [1.165, 1.54) is 0 Å². The van der Waals surface area contributed by atoms with Gasteiger partial charge < -0.3 is 14.3 Å². The van der Waals surface area contributed by atoms with Crippen molar-refractivity contribution in [3.8, 4) is 11.4 Å². The third-order valence-corrected chi connectivity index (χ3v) is 4.06. The molecule has 7 heteroatoms. The number of fused-ring (bicyclic) bond motifs is 1. The summed E-state index contributed by atoms with van der Waals surface area (Å²) in [4.78, 5) is 16.5. The normalized spacial score (nSPS) is 11.0. The summed E-state index contributed by atoms with van der Waals surface area (Å²) >= 11 is 5.94. The van der Waals surface area contributed by atoms with Gasteiger partial charge >= 0.3 is 0 Å². The molecule has 0 unspecified atom stereocenters. The van der Waals surface area contributed by atoms with Gasteiger partial charge in [-0.15, -0.1) is 0 Å². The second kappa shape index (κ2) is 7.01. The van der Waals surface area contributed by atoms with E-state index in [1.54, 1.807) is 24.3 Å². The van der Waals surface area contributed by atoms with E-state index in [2.05, 4.69) is 15.5 Å². The first-order valence-corrected chi connectivity index (χ1v) is 8.42. The van der Waals surface area contributed by atoms with Crippen molar-refractivity contribution >= 4 is 28.5 Å². The molecule has 130 valence electrons. The maximum Gasteiger partial charge on any atom is 0.287 e. The van der Waals surface area contributed by atoms with Gasteiger partial charge in [0.05, 0.1) is 0 Å². The maximum absolute atomic E-state index is 12.2. The van der Waals surface area contributed by atoms with Crippen molar-refractivity contribution in [2.24, 2.45) is 0 Å². The molecule has 0 spiro atoms. The van der Waals surface area contributed by atoms with Crippen LogP contribution >= 0.6 is 11.6 Å². The summed E-state index contributed by atoms with van der Waals surface area (Å²) in [5, 5.41) is 8.11. The Balaban J connectivity index is 1.37. The van der Waals surface area contributed by atoms with Gasteiger partial charge in [-0.05, 0) is 24.3 Å². The van der Waals surface area contributed by atoms with Gasteiger partial charge in [-0.2, -0.15) is 4.98 Å². The Morgan fingerprint density at radius 2 is 1.96 bits per heavy atom. The number of hydrogen-bond acceptors (Lipinski definition) is 5. The molecule has 6 nitrogen and oxygen atoms in total. The Labute approximate surface area is 153 Å². The smallest absolute Gasteiger partial charge is 0.287 e. The van der Waals surface area contributed by atoms with Crippen LogP contribution in [0.2, 0.25) is 5.02 Å². The third-order valence-electron chi connectivity index (χ3n) is 3.83. The largest absolute Gasteiger partial charge is 0.451 e. The van der Waals surface area contributed by atoms with E-state index in [0.29, 0.717) is 35.3 Å². The van der Waals surface area contributed by atoms with Crippen LogP contribution in [0.25, 0.3) is 22.4 Å². The SMILES string of the molecule is O=C(NCCc1nc(-c2ccccc2)no1)c1cc2cc(Cl)ccc2o1. The molecule has 0 saturated carbocycles. The molecule has 26 heavy (non-hydrogen) atoms. The molecule has 0 atom stereocenters. The molecule has 0 aliphatic heterocycles. The molecule has 2 aromatic heterocycles. The predicted octanol–water partition coefficient (Wildman–Crippen LogP) is 4.11. The summed E-state index contributed by atoms with van der Waals surface area (Å²) < 4.78 is 10.7. The monoisotopic (exact) mass is 367 g/mol. The topological polar surface area (TPSA) is 81.2 Å². The quantitative estimate of drug-likeness (QED) is 0.574. The number of halogens is 1. The van der Waals surface area contributed by atoms with E-state index in [4.69, 9.17) is 20.5 Å².